The van der Waals surface area contributed by atoms with Crippen molar-refractivity contribution in [2.24, 2.45) is 5.92 Å². The second-order valence-electron chi connectivity index (χ2n) is 8.86. The first-order chi connectivity index (χ1) is 14.5. The third kappa shape index (κ3) is 6.08. The molecule has 0 aromatic carbocycles. The van der Waals surface area contributed by atoms with Gasteiger partial charge in [0, 0.05) is 26.2 Å². The Hall–Kier alpha value is -1.85. The number of morpholine rings is 1. The SMILES string of the molecule is CCN1CCC(C#N)(NC(=O)[C@H](CCC2CCCCC2)OC(=O)N2CCOCC2)C1. The maximum atomic E-state index is 13.1. The molecule has 3 rings (SSSR count). The van der Waals surface area contributed by atoms with Crippen LogP contribution in [0.3, 0.4) is 0 Å². The van der Waals surface area contributed by atoms with Crippen LogP contribution >= 0.6 is 0 Å². The van der Waals surface area contributed by atoms with Crippen LogP contribution in [0.25, 0.3) is 0 Å². The molecule has 1 unspecified atom stereocenters. The van der Waals surface area contributed by atoms with Gasteiger partial charge in [0.15, 0.2) is 6.10 Å². The van der Waals surface area contributed by atoms with E-state index in [1.54, 1.807) is 4.90 Å². The zero-order valence-electron chi connectivity index (χ0n) is 18.2. The Morgan fingerprint density at radius 3 is 2.60 bits per heavy atom. The summed E-state index contributed by atoms with van der Waals surface area (Å²) in [6.45, 7) is 6.11. The second kappa shape index (κ2) is 11.0. The summed E-state index contributed by atoms with van der Waals surface area (Å²) in [6, 6.07) is 2.31. The number of likely N-dealkylation sites (N-methyl/N-ethyl adjacent to an activating group) is 1. The molecule has 2 heterocycles. The van der Waals surface area contributed by atoms with Gasteiger partial charge in [-0.25, -0.2) is 4.79 Å². The number of ether oxygens (including phenoxy) is 2. The molecule has 1 N–H and O–H groups in total. The number of carbonyl (C=O) groups excluding carboxylic acids is 2. The Balaban J connectivity index is 1.63. The number of rotatable bonds is 7. The number of nitrogens with one attached hydrogen (secondary N) is 1. The van der Waals surface area contributed by atoms with Crippen molar-refractivity contribution < 1.29 is 19.1 Å². The van der Waals surface area contributed by atoms with Gasteiger partial charge in [-0.3, -0.25) is 4.79 Å². The van der Waals surface area contributed by atoms with Crippen LogP contribution in [-0.4, -0.2) is 79.4 Å². The van der Waals surface area contributed by atoms with Crippen LogP contribution in [0.4, 0.5) is 4.79 Å². The first-order valence-electron chi connectivity index (χ1n) is 11.5. The fourth-order valence-electron chi connectivity index (χ4n) is 4.74. The molecule has 0 bridgehead atoms. The molecule has 168 valence electrons. The van der Waals surface area contributed by atoms with Gasteiger partial charge >= 0.3 is 6.09 Å². The third-order valence-corrected chi connectivity index (χ3v) is 6.74. The fraction of sp³-hybridized carbons (Fsp3) is 0.864. The minimum Gasteiger partial charge on any atom is -0.436 e. The van der Waals surface area contributed by atoms with E-state index in [9.17, 15) is 14.9 Å². The van der Waals surface area contributed by atoms with Crippen molar-refractivity contribution >= 4 is 12.0 Å². The van der Waals surface area contributed by atoms with E-state index in [4.69, 9.17) is 9.47 Å². The van der Waals surface area contributed by atoms with E-state index in [1.165, 1.54) is 32.1 Å². The van der Waals surface area contributed by atoms with Crippen LogP contribution in [0.2, 0.25) is 0 Å². The zero-order valence-corrected chi connectivity index (χ0v) is 18.2. The number of carbonyl (C=O) groups is 2. The molecule has 8 nitrogen and oxygen atoms in total. The van der Waals surface area contributed by atoms with E-state index >= 15 is 0 Å². The van der Waals surface area contributed by atoms with Crippen molar-refractivity contribution in [3.63, 3.8) is 0 Å². The minimum absolute atomic E-state index is 0.341. The highest BCUT2D eigenvalue weighted by molar-refractivity contribution is 5.84. The standard InChI is InChI=1S/C22H36N4O4/c1-2-25-11-10-22(16-23,17-25)24-20(27)19(9-8-18-6-4-3-5-7-18)30-21(28)26-12-14-29-15-13-26/h18-19H,2-15,17H2,1H3,(H,24,27)/t19-,22?/m0/s1. The first-order valence-corrected chi connectivity index (χ1v) is 11.5. The summed E-state index contributed by atoms with van der Waals surface area (Å²) >= 11 is 0. The van der Waals surface area contributed by atoms with Crippen molar-refractivity contribution in [1.82, 2.24) is 15.1 Å². The molecule has 2 atom stereocenters. The number of likely N-dealkylation sites (tertiary alicyclic amines) is 1. The minimum atomic E-state index is -0.901. The maximum Gasteiger partial charge on any atom is 0.410 e. The third-order valence-electron chi connectivity index (χ3n) is 6.74. The van der Waals surface area contributed by atoms with Crippen LogP contribution in [0.1, 0.15) is 58.3 Å². The summed E-state index contributed by atoms with van der Waals surface area (Å²) < 4.78 is 11.0. The van der Waals surface area contributed by atoms with Crippen LogP contribution in [0, 0.1) is 17.2 Å². The monoisotopic (exact) mass is 420 g/mol. The van der Waals surface area contributed by atoms with Gasteiger partial charge in [0.2, 0.25) is 0 Å². The molecule has 0 radical (unpaired) electrons. The highest BCUT2D eigenvalue weighted by atomic mass is 16.6. The van der Waals surface area contributed by atoms with E-state index in [-0.39, 0.29) is 5.91 Å². The van der Waals surface area contributed by atoms with Gasteiger partial charge in [-0.2, -0.15) is 5.26 Å². The molecule has 30 heavy (non-hydrogen) atoms. The van der Waals surface area contributed by atoms with Gasteiger partial charge in [0.05, 0.1) is 19.3 Å². The summed E-state index contributed by atoms with van der Waals surface area (Å²) in [4.78, 5) is 29.5. The molecule has 0 aromatic heterocycles. The van der Waals surface area contributed by atoms with Crippen LogP contribution in [-0.2, 0) is 14.3 Å². The molecule has 1 aliphatic carbocycles. The Kier molecular flexibility index (Phi) is 8.34. The average Bonchev–Trinajstić information content (AvgIpc) is 3.21. The van der Waals surface area contributed by atoms with Gasteiger partial charge in [0.1, 0.15) is 5.54 Å². The number of hydrogen-bond donors (Lipinski definition) is 1. The van der Waals surface area contributed by atoms with Crippen LogP contribution in [0.5, 0.6) is 0 Å². The fourth-order valence-corrected chi connectivity index (χ4v) is 4.74. The van der Waals surface area contributed by atoms with E-state index in [2.05, 4.69) is 16.3 Å². The molecular weight excluding hydrogens is 384 g/mol. The Morgan fingerprint density at radius 2 is 1.97 bits per heavy atom. The number of hydrogen-bond acceptors (Lipinski definition) is 6. The smallest absolute Gasteiger partial charge is 0.410 e. The summed E-state index contributed by atoms with van der Waals surface area (Å²) in [5.74, 6) is 0.245. The Labute approximate surface area is 179 Å². The summed E-state index contributed by atoms with van der Waals surface area (Å²) in [6.07, 6.45) is 6.76. The number of nitriles is 1. The van der Waals surface area contributed by atoms with Crippen molar-refractivity contribution in [3.8, 4) is 6.07 Å². The van der Waals surface area contributed by atoms with Crippen LogP contribution in [0.15, 0.2) is 0 Å². The molecular formula is C22H36N4O4. The molecule has 3 fully saturated rings. The molecule has 3 aliphatic rings. The topological polar surface area (TPSA) is 94.9 Å². The van der Waals surface area contributed by atoms with Crippen molar-refractivity contribution in [2.75, 3.05) is 45.9 Å². The van der Waals surface area contributed by atoms with Crippen molar-refractivity contribution in [3.05, 3.63) is 0 Å². The lowest BCUT2D eigenvalue weighted by molar-refractivity contribution is -0.132. The van der Waals surface area contributed by atoms with E-state index in [1.807, 2.05) is 6.92 Å². The van der Waals surface area contributed by atoms with E-state index in [0.29, 0.717) is 51.6 Å². The lowest BCUT2D eigenvalue weighted by Crippen LogP contribution is -2.54. The predicted molar refractivity (Wildman–Crippen MR) is 112 cm³/mol. The summed E-state index contributed by atoms with van der Waals surface area (Å²) in [5.41, 5.74) is -0.901. The largest absolute Gasteiger partial charge is 0.436 e. The summed E-state index contributed by atoms with van der Waals surface area (Å²) in [5, 5.41) is 12.7. The van der Waals surface area contributed by atoms with Gasteiger partial charge in [-0.1, -0.05) is 39.0 Å². The highest BCUT2D eigenvalue weighted by Crippen LogP contribution is 2.29. The first kappa shape index (κ1) is 22.8. The molecule has 0 spiro atoms. The van der Waals surface area contributed by atoms with Gasteiger partial charge in [0.25, 0.3) is 5.91 Å². The van der Waals surface area contributed by atoms with E-state index < -0.39 is 17.7 Å². The van der Waals surface area contributed by atoms with Gasteiger partial charge in [-0.15, -0.1) is 0 Å². The molecule has 2 saturated heterocycles. The number of nitrogens with zero attached hydrogens (tertiary/aromatic N) is 3. The zero-order chi connectivity index (χ0) is 21.4. The normalized spacial score (nSPS) is 26.7. The Bertz CT molecular complexity index is 625. The highest BCUT2D eigenvalue weighted by Gasteiger charge is 2.41. The van der Waals surface area contributed by atoms with Gasteiger partial charge in [-0.05, 0) is 31.7 Å². The quantitative estimate of drug-likeness (QED) is 0.679. The molecule has 8 heteroatoms. The maximum absolute atomic E-state index is 13.1. The molecule has 1 saturated carbocycles. The second-order valence-corrected chi connectivity index (χ2v) is 8.86. The lowest BCUT2D eigenvalue weighted by atomic mass is 9.85. The summed E-state index contributed by atoms with van der Waals surface area (Å²) in [7, 11) is 0. The average molecular weight is 421 g/mol. The predicted octanol–water partition coefficient (Wildman–Crippen LogP) is 2.29. The number of amides is 2. The lowest BCUT2D eigenvalue weighted by Gasteiger charge is -2.30. The Morgan fingerprint density at radius 1 is 1.23 bits per heavy atom. The van der Waals surface area contributed by atoms with E-state index in [0.717, 1.165) is 19.5 Å². The molecule has 2 aliphatic heterocycles. The van der Waals surface area contributed by atoms with Crippen LogP contribution < -0.4 is 5.32 Å². The molecule has 2 amide bonds. The van der Waals surface area contributed by atoms with Crippen molar-refractivity contribution in [2.45, 2.75) is 69.9 Å². The molecule has 0 aromatic rings. The van der Waals surface area contributed by atoms with Crippen molar-refractivity contribution in [1.29, 1.82) is 5.26 Å². The van der Waals surface area contributed by atoms with Gasteiger partial charge < -0.3 is 24.6 Å².